The summed E-state index contributed by atoms with van der Waals surface area (Å²) in [6.45, 7) is 4.72. The van der Waals surface area contributed by atoms with Gasteiger partial charge in [0.25, 0.3) is 0 Å². The van der Waals surface area contributed by atoms with Crippen LogP contribution in [-0.4, -0.2) is 11.6 Å². The van der Waals surface area contributed by atoms with E-state index in [1.54, 1.807) is 0 Å². The normalized spacial score (nSPS) is 15.8. The molecule has 1 N–H and O–H groups in total. The van der Waals surface area contributed by atoms with Crippen molar-refractivity contribution in [3.8, 4) is 27.9 Å². The molecule has 1 aromatic heterocycles. The van der Waals surface area contributed by atoms with Crippen molar-refractivity contribution in [2.24, 2.45) is 0 Å². The fraction of sp³-hybridized carbons (Fsp3) is 0.0800. The summed E-state index contributed by atoms with van der Waals surface area (Å²) in [6.07, 6.45) is 12.5. The lowest BCUT2D eigenvalue weighted by Gasteiger charge is -2.23. The number of aromatic nitrogens is 1. The zero-order valence-corrected chi connectivity index (χ0v) is 30.1. The maximum atomic E-state index is 3.47. The molecule has 0 atom stereocenters. The number of benzene rings is 7. The van der Waals surface area contributed by atoms with Crippen LogP contribution >= 0.6 is 0 Å². The summed E-state index contributed by atoms with van der Waals surface area (Å²) >= 11 is 0. The standard InChI is InChI=1S/C50H39N3/c1-50(2)45-19-11-9-17-40(45)41-25-23-38(31-46(41)50)53-48-30-34-15-8-7-14-33(34)29-44(48)43-26-22-37(32-49(43)53)52(3)36-21-24-39-35(28-36)16-6-4-5-13-27-51-47-20-12-10-18-42(39)47/h4-32,51H,1-3H3/b5-4-,16-6-,27-13+. The van der Waals surface area contributed by atoms with Crippen LogP contribution in [0.1, 0.15) is 30.5 Å². The van der Waals surface area contributed by atoms with Gasteiger partial charge in [0.15, 0.2) is 0 Å². The molecule has 2 aliphatic rings. The molecule has 53 heavy (non-hydrogen) atoms. The third kappa shape index (κ3) is 4.96. The SMILES string of the molecule is CN(c1ccc2c(c1)\C=C/C=C\C=C\Nc1ccccc1-2)c1ccc2c3cc4ccccc4cc3n(-c3ccc4c(c3)C(C)(C)c3ccccc3-4)c2c1. The highest BCUT2D eigenvalue weighted by atomic mass is 15.1. The van der Waals surface area contributed by atoms with Crippen LogP contribution in [0.4, 0.5) is 17.1 Å². The average Bonchev–Trinajstić information content (AvgIpc) is 3.61. The monoisotopic (exact) mass is 681 g/mol. The molecule has 7 aromatic carbocycles. The van der Waals surface area contributed by atoms with E-state index in [0.717, 1.165) is 17.1 Å². The first-order valence-corrected chi connectivity index (χ1v) is 18.4. The molecule has 2 heterocycles. The lowest BCUT2D eigenvalue weighted by atomic mass is 9.82. The minimum absolute atomic E-state index is 0.0856. The van der Waals surface area contributed by atoms with Crippen LogP contribution in [0.2, 0.25) is 0 Å². The topological polar surface area (TPSA) is 20.2 Å². The van der Waals surface area contributed by atoms with Crippen LogP contribution in [0, 0.1) is 0 Å². The molecule has 0 spiro atoms. The van der Waals surface area contributed by atoms with Crippen molar-refractivity contribution in [1.82, 2.24) is 4.57 Å². The van der Waals surface area contributed by atoms with Gasteiger partial charge in [0.2, 0.25) is 0 Å². The largest absolute Gasteiger partial charge is 0.361 e. The molecule has 0 radical (unpaired) electrons. The summed E-state index contributed by atoms with van der Waals surface area (Å²) in [5.74, 6) is 0. The first-order chi connectivity index (χ1) is 26.0. The van der Waals surface area contributed by atoms with Gasteiger partial charge in [-0.1, -0.05) is 123 Å². The number of anilines is 3. The number of rotatable bonds is 3. The van der Waals surface area contributed by atoms with Crippen LogP contribution in [0.3, 0.4) is 0 Å². The van der Waals surface area contributed by atoms with E-state index in [0.29, 0.717) is 0 Å². The van der Waals surface area contributed by atoms with Gasteiger partial charge < -0.3 is 14.8 Å². The van der Waals surface area contributed by atoms with Gasteiger partial charge in [0.05, 0.1) is 11.0 Å². The third-order valence-electron chi connectivity index (χ3n) is 11.4. The van der Waals surface area contributed by atoms with Gasteiger partial charge in [0.1, 0.15) is 0 Å². The molecule has 3 nitrogen and oxygen atoms in total. The third-order valence-corrected chi connectivity index (χ3v) is 11.4. The zero-order valence-electron chi connectivity index (χ0n) is 30.1. The van der Waals surface area contributed by atoms with Crippen molar-refractivity contribution >= 4 is 55.7 Å². The predicted molar refractivity (Wildman–Crippen MR) is 227 cm³/mol. The Hall–Kier alpha value is -6.58. The second kappa shape index (κ2) is 12.0. The summed E-state index contributed by atoms with van der Waals surface area (Å²) in [6, 6.07) is 51.6. The number of fused-ring (bicyclic) bond motifs is 10. The van der Waals surface area contributed by atoms with E-state index >= 15 is 0 Å². The number of allylic oxidation sites excluding steroid dienone is 4. The summed E-state index contributed by atoms with van der Waals surface area (Å²) in [5.41, 5.74) is 15.8. The molecular weight excluding hydrogens is 643 g/mol. The molecule has 0 fully saturated rings. The predicted octanol–water partition coefficient (Wildman–Crippen LogP) is 13.2. The number of nitrogens with one attached hydrogen (secondary N) is 1. The Balaban J connectivity index is 1.14. The smallest absolute Gasteiger partial charge is 0.0561 e. The first-order valence-electron chi connectivity index (χ1n) is 18.4. The van der Waals surface area contributed by atoms with E-state index in [-0.39, 0.29) is 5.41 Å². The quantitative estimate of drug-likeness (QED) is 0.200. The van der Waals surface area contributed by atoms with E-state index in [4.69, 9.17) is 0 Å². The Morgan fingerprint density at radius 3 is 2.09 bits per heavy atom. The Kier molecular flexibility index (Phi) is 7.06. The molecule has 8 aromatic rings. The van der Waals surface area contributed by atoms with Gasteiger partial charge in [-0.25, -0.2) is 0 Å². The maximum Gasteiger partial charge on any atom is 0.0561 e. The van der Waals surface area contributed by atoms with Gasteiger partial charge >= 0.3 is 0 Å². The highest BCUT2D eigenvalue weighted by molar-refractivity contribution is 6.14. The second-order valence-corrected chi connectivity index (χ2v) is 14.8. The van der Waals surface area contributed by atoms with Gasteiger partial charge in [-0.15, -0.1) is 0 Å². The van der Waals surface area contributed by atoms with E-state index in [2.05, 4.69) is 193 Å². The van der Waals surface area contributed by atoms with E-state index < -0.39 is 0 Å². The molecule has 10 rings (SSSR count). The Morgan fingerprint density at radius 1 is 0.528 bits per heavy atom. The van der Waals surface area contributed by atoms with E-state index in [9.17, 15) is 0 Å². The number of para-hydroxylation sites is 1. The summed E-state index contributed by atoms with van der Waals surface area (Å²) < 4.78 is 2.48. The molecular formula is C50H39N3. The average molecular weight is 682 g/mol. The van der Waals surface area contributed by atoms with Crippen molar-refractivity contribution in [2.45, 2.75) is 19.3 Å². The van der Waals surface area contributed by atoms with Crippen LogP contribution in [0.5, 0.6) is 0 Å². The molecule has 0 unspecified atom stereocenters. The maximum absolute atomic E-state index is 3.47. The van der Waals surface area contributed by atoms with Gasteiger partial charge in [-0.05, 0) is 105 Å². The Labute approximate surface area is 310 Å². The summed E-state index contributed by atoms with van der Waals surface area (Å²) in [7, 11) is 2.17. The fourth-order valence-electron chi connectivity index (χ4n) is 8.63. The minimum Gasteiger partial charge on any atom is -0.361 e. The molecule has 254 valence electrons. The Morgan fingerprint density at radius 2 is 1.21 bits per heavy atom. The van der Waals surface area contributed by atoms with Gasteiger partial charge in [-0.3, -0.25) is 0 Å². The van der Waals surface area contributed by atoms with Crippen LogP contribution < -0.4 is 10.2 Å². The van der Waals surface area contributed by atoms with Crippen molar-refractivity contribution in [3.63, 3.8) is 0 Å². The van der Waals surface area contributed by atoms with Crippen molar-refractivity contribution in [3.05, 3.63) is 187 Å². The van der Waals surface area contributed by atoms with Crippen LogP contribution in [0.15, 0.2) is 170 Å². The molecule has 3 heteroatoms. The van der Waals surface area contributed by atoms with Crippen molar-refractivity contribution in [2.75, 3.05) is 17.3 Å². The summed E-state index contributed by atoms with van der Waals surface area (Å²) in [4.78, 5) is 2.31. The minimum atomic E-state index is -0.0856. The van der Waals surface area contributed by atoms with Gasteiger partial charge in [0, 0.05) is 57.7 Å². The second-order valence-electron chi connectivity index (χ2n) is 14.8. The van der Waals surface area contributed by atoms with Crippen LogP contribution in [-0.2, 0) is 5.41 Å². The highest BCUT2D eigenvalue weighted by Gasteiger charge is 2.35. The van der Waals surface area contributed by atoms with Gasteiger partial charge in [-0.2, -0.15) is 0 Å². The molecule has 0 amide bonds. The molecule has 0 saturated heterocycles. The first kappa shape index (κ1) is 31.2. The fourth-order valence-corrected chi connectivity index (χ4v) is 8.63. The molecule has 1 aliphatic heterocycles. The summed E-state index contributed by atoms with van der Waals surface area (Å²) in [5, 5.41) is 8.48. The lowest BCUT2D eigenvalue weighted by molar-refractivity contribution is 0.660. The van der Waals surface area contributed by atoms with E-state index in [1.807, 2.05) is 18.4 Å². The lowest BCUT2D eigenvalue weighted by Crippen LogP contribution is -2.15. The van der Waals surface area contributed by atoms with Crippen molar-refractivity contribution < 1.29 is 0 Å². The van der Waals surface area contributed by atoms with Crippen LogP contribution in [0.25, 0.3) is 66.6 Å². The van der Waals surface area contributed by atoms with Crippen molar-refractivity contribution in [1.29, 1.82) is 0 Å². The zero-order chi connectivity index (χ0) is 35.7. The number of hydrogen-bond donors (Lipinski definition) is 1. The Bertz CT molecular complexity index is 2860. The molecule has 0 saturated carbocycles. The molecule has 0 bridgehead atoms. The molecule has 1 aliphatic carbocycles. The van der Waals surface area contributed by atoms with E-state index in [1.165, 1.54) is 77.2 Å². The highest BCUT2D eigenvalue weighted by Crippen LogP contribution is 2.49. The number of nitrogens with zero attached hydrogens (tertiary/aromatic N) is 2. The number of hydrogen-bond acceptors (Lipinski definition) is 2.